The second-order valence-electron chi connectivity index (χ2n) is 5.19. The number of carbonyl (C=O) groups excluding carboxylic acids is 1. The average molecular weight is 369 g/mol. The standard InChI is InChI=1S/C20H16FNOS2/c21-15-11-13-18(14-12-15)25-20(24-17-9-5-2-6-10-17)19(23)22-16-7-3-1-4-8-16/h1-14,20H,(H,22,23). The number of carbonyl (C=O) groups is 1. The van der Waals surface area contributed by atoms with Gasteiger partial charge >= 0.3 is 0 Å². The van der Waals surface area contributed by atoms with E-state index >= 15 is 0 Å². The summed E-state index contributed by atoms with van der Waals surface area (Å²) in [5.41, 5.74) is 0.755. The maximum atomic E-state index is 13.1. The van der Waals surface area contributed by atoms with Gasteiger partial charge in [0.2, 0.25) is 5.91 Å². The second kappa shape index (κ2) is 8.74. The molecule has 0 aromatic heterocycles. The van der Waals surface area contributed by atoms with E-state index in [-0.39, 0.29) is 11.7 Å². The molecule has 25 heavy (non-hydrogen) atoms. The van der Waals surface area contributed by atoms with Crippen molar-refractivity contribution in [1.29, 1.82) is 0 Å². The van der Waals surface area contributed by atoms with Crippen molar-refractivity contribution in [3.8, 4) is 0 Å². The third kappa shape index (κ3) is 5.37. The van der Waals surface area contributed by atoms with Crippen LogP contribution in [0.5, 0.6) is 0 Å². The normalized spacial score (nSPS) is 11.7. The number of halogens is 1. The lowest BCUT2D eigenvalue weighted by atomic mass is 10.3. The predicted molar refractivity (Wildman–Crippen MR) is 103 cm³/mol. The second-order valence-corrected chi connectivity index (χ2v) is 7.85. The van der Waals surface area contributed by atoms with Crippen molar-refractivity contribution >= 4 is 35.1 Å². The molecule has 126 valence electrons. The van der Waals surface area contributed by atoms with Crippen molar-refractivity contribution in [2.75, 3.05) is 5.32 Å². The number of para-hydroxylation sites is 1. The SMILES string of the molecule is O=C(Nc1ccccc1)C(Sc1ccccc1)Sc1ccc(F)cc1. The molecule has 0 saturated carbocycles. The summed E-state index contributed by atoms with van der Waals surface area (Å²) in [5.74, 6) is -0.389. The zero-order chi connectivity index (χ0) is 17.5. The lowest BCUT2D eigenvalue weighted by Gasteiger charge is -2.16. The Morgan fingerprint density at radius 3 is 1.88 bits per heavy atom. The molecule has 0 radical (unpaired) electrons. The van der Waals surface area contributed by atoms with E-state index < -0.39 is 4.58 Å². The zero-order valence-electron chi connectivity index (χ0n) is 13.3. The fraction of sp³-hybridized carbons (Fsp3) is 0.0500. The van der Waals surface area contributed by atoms with Gasteiger partial charge in [-0.2, -0.15) is 0 Å². The van der Waals surface area contributed by atoms with Gasteiger partial charge in [0.25, 0.3) is 0 Å². The van der Waals surface area contributed by atoms with E-state index in [2.05, 4.69) is 5.32 Å². The highest BCUT2D eigenvalue weighted by atomic mass is 32.2. The van der Waals surface area contributed by atoms with Gasteiger partial charge in [0, 0.05) is 15.5 Å². The Bertz CT molecular complexity index is 810. The van der Waals surface area contributed by atoms with E-state index in [9.17, 15) is 9.18 Å². The maximum absolute atomic E-state index is 13.1. The monoisotopic (exact) mass is 369 g/mol. The van der Waals surface area contributed by atoms with Gasteiger partial charge in [-0.25, -0.2) is 4.39 Å². The van der Waals surface area contributed by atoms with E-state index in [0.717, 1.165) is 15.5 Å². The van der Waals surface area contributed by atoms with Crippen LogP contribution in [-0.4, -0.2) is 10.5 Å². The van der Waals surface area contributed by atoms with Crippen molar-refractivity contribution in [3.63, 3.8) is 0 Å². The fourth-order valence-electron chi connectivity index (χ4n) is 2.11. The summed E-state index contributed by atoms with van der Waals surface area (Å²) in [5, 5.41) is 2.94. The first-order chi connectivity index (χ1) is 12.2. The molecular formula is C20H16FNOS2. The molecule has 1 unspecified atom stereocenters. The van der Waals surface area contributed by atoms with Gasteiger partial charge in [-0.1, -0.05) is 36.4 Å². The first-order valence-electron chi connectivity index (χ1n) is 7.70. The van der Waals surface area contributed by atoms with Crippen LogP contribution < -0.4 is 5.32 Å². The zero-order valence-corrected chi connectivity index (χ0v) is 14.9. The van der Waals surface area contributed by atoms with Crippen molar-refractivity contribution < 1.29 is 9.18 Å². The Hall–Kier alpha value is -2.24. The number of thioether (sulfide) groups is 2. The molecular weight excluding hydrogens is 353 g/mol. The Morgan fingerprint density at radius 2 is 1.28 bits per heavy atom. The van der Waals surface area contributed by atoms with Crippen LogP contribution in [0.25, 0.3) is 0 Å². The number of amides is 1. The fourth-order valence-corrected chi connectivity index (χ4v) is 4.41. The minimum atomic E-state index is -0.395. The number of benzene rings is 3. The molecule has 0 spiro atoms. The Labute approximate surface area is 154 Å². The van der Waals surface area contributed by atoms with Crippen LogP contribution in [0.2, 0.25) is 0 Å². The number of nitrogens with one attached hydrogen (secondary N) is 1. The predicted octanol–water partition coefficient (Wildman–Crippen LogP) is 5.67. The Kier molecular flexibility index (Phi) is 6.14. The number of rotatable bonds is 6. The molecule has 0 fully saturated rings. The molecule has 2 nitrogen and oxygen atoms in total. The Morgan fingerprint density at radius 1 is 0.760 bits per heavy atom. The molecule has 0 aliphatic rings. The molecule has 0 aliphatic heterocycles. The van der Waals surface area contributed by atoms with Gasteiger partial charge in [0.05, 0.1) is 0 Å². The highest BCUT2D eigenvalue weighted by molar-refractivity contribution is 8.18. The van der Waals surface area contributed by atoms with Gasteiger partial charge in [-0.05, 0) is 48.5 Å². The maximum Gasteiger partial charge on any atom is 0.248 e. The third-order valence-corrected chi connectivity index (χ3v) is 5.82. The lowest BCUT2D eigenvalue weighted by Crippen LogP contribution is -2.22. The molecule has 0 saturated heterocycles. The van der Waals surface area contributed by atoms with Crippen LogP contribution in [0, 0.1) is 5.82 Å². The minimum absolute atomic E-state index is 0.102. The summed E-state index contributed by atoms with van der Waals surface area (Å²) >= 11 is 2.88. The van der Waals surface area contributed by atoms with Crippen LogP contribution in [0.15, 0.2) is 94.7 Å². The summed E-state index contributed by atoms with van der Waals surface area (Å²) in [7, 11) is 0. The van der Waals surface area contributed by atoms with Crippen LogP contribution in [0.1, 0.15) is 0 Å². The molecule has 3 aromatic carbocycles. The molecule has 1 N–H and O–H groups in total. The van der Waals surface area contributed by atoms with Gasteiger partial charge < -0.3 is 5.32 Å². The van der Waals surface area contributed by atoms with E-state index in [1.807, 2.05) is 60.7 Å². The minimum Gasteiger partial charge on any atom is -0.324 e. The van der Waals surface area contributed by atoms with E-state index in [1.165, 1.54) is 35.7 Å². The smallest absolute Gasteiger partial charge is 0.248 e. The van der Waals surface area contributed by atoms with Gasteiger partial charge in [0.15, 0.2) is 0 Å². The van der Waals surface area contributed by atoms with Crippen molar-refractivity contribution in [1.82, 2.24) is 0 Å². The van der Waals surface area contributed by atoms with Gasteiger partial charge in [0.1, 0.15) is 10.4 Å². The Balaban J connectivity index is 1.77. The largest absolute Gasteiger partial charge is 0.324 e. The van der Waals surface area contributed by atoms with Crippen molar-refractivity contribution in [2.45, 2.75) is 14.4 Å². The summed E-state index contributed by atoms with van der Waals surface area (Å²) in [6, 6.07) is 25.3. The highest BCUT2D eigenvalue weighted by Crippen LogP contribution is 2.36. The van der Waals surface area contributed by atoms with Gasteiger partial charge in [-0.3, -0.25) is 4.79 Å². The van der Waals surface area contributed by atoms with Gasteiger partial charge in [-0.15, -0.1) is 23.5 Å². The number of hydrogen-bond acceptors (Lipinski definition) is 3. The molecule has 1 amide bonds. The summed E-state index contributed by atoms with van der Waals surface area (Å²) in [6.45, 7) is 0. The summed E-state index contributed by atoms with van der Waals surface area (Å²) in [4.78, 5) is 14.6. The number of hydrogen-bond donors (Lipinski definition) is 1. The highest BCUT2D eigenvalue weighted by Gasteiger charge is 2.21. The molecule has 0 aliphatic carbocycles. The molecule has 3 rings (SSSR count). The summed E-state index contributed by atoms with van der Waals surface area (Å²) < 4.78 is 12.7. The third-order valence-electron chi connectivity index (χ3n) is 3.30. The van der Waals surface area contributed by atoms with Crippen LogP contribution >= 0.6 is 23.5 Å². The van der Waals surface area contributed by atoms with Crippen LogP contribution in [-0.2, 0) is 4.79 Å². The quantitative estimate of drug-likeness (QED) is 0.448. The van der Waals surface area contributed by atoms with Crippen molar-refractivity contribution in [2.24, 2.45) is 0 Å². The molecule has 0 bridgehead atoms. The number of anilines is 1. The average Bonchev–Trinajstić information content (AvgIpc) is 2.64. The van der Waals surface area contributed by atoms with E-state index in [1.54, 1.807) is 12.1 Å². The summed E-state index contributed by atoms with van der Waals surface area (Å²) in [6.07, 6.45) is 0. The topological polar surface area (TPSA) is 29.1 Å². The van der Waals surface area contributed by atoms with E-state index in [4.69, 9.17) is 0 Å². The molecule has 0 heterocycles. The van der Waals surface area contributed by atoms with Crippen LogP contribution in [0.3, 0.4) is 0 Å². The molecule has 5 heteroatoms. The first kappa shape index (κ1) is 17.6. The van der Waals surface area contributed by atoms with E-state index in [0.29, 0.717) is 0 Å². The molecule has 1 atom stereocenters. The molecule has 3 aromatic rings. The van der Waals surface area contributed by atoms with Crippen molar-refractivity contribution in [3.05, 3.63) is 90.7 Å². The first-order valence-corrected chi connectivity index (χ1v) is 9.46. The lowest BCUT2D eigenvalue weighted by molar-refractivity contribution is -0.114. The van der Waals surface area contributed by atoms with Crippen LogP contribution in [0.4, 0.5) is 10.1 Å².